The van der Waals surface area contributed by atoms with Gasteiger partial charge in [0.1, 0.15) is 11.0 Å². The molecule has 1 heterocycles. The summed E-state index contributed by atoms with van der Waals surface area (Å²) in [5, 5.41) is 13.7. The van der Waals surface area contributed by atoms with E-state index >= 15 is 0 Å². The van der Waals surface area contributed by atoms with Crippen molar-refractivity contribution in [2.75, 3.05) is 0 Å². The number of carbonyl (C=O) groups is 1. The third kappa shape index (κ3) is 2.35. The van der Waals surface area contributed by atoms with Crippen LogP contribution in [-0.4, -0.2) is 27.4 Å². The molecule has 5 nitrogen and oxygen atoms in total. The van der Waals surface area contributed by atoms with Crippen LogP contribution in [0.4, 0.5) is 0 Å². The van der Waals surface area contributed by atoms with Crippen LogP contribution in [0.15, 0.2) is 42.5 Å². The zero-order valence-electron chi connectivity index (χ0n) is 12.0. The predicted molar refractivity (Wildman–Crippen MR) is 83.6 cm³/mol. The number of fused-ring (bicyclic) bond motifs is 2. The molecule has 1 aliphatic carbocycles. The molecule has 1 aliphatic rings. The minimum absolute atomic E-state index is 0.0470. The van der Waals surface area contributed by atoms with Gasteiger partial charge in [-0.2, -0.15) is 15.4 Å². The number of nitrogens with one attached hydrogen (secondary N) is 2. The van der Waals surface area contributed by atoms with E-state index in [2.05, 4.69) is 45.0 Å². The van der Waals surface area contributed by atoms with E-state index in [0.29, 0.717) is 11.1 Å². The van der Waals surface area contributed by atoms with Gasteiger partial charge in [0.2, 0.25) is 0 Å². The van der Waals surface area contributed by atoms with Crippen LogP contribution in [0.25, 0.3) is 11.0 Å². The molecule has 0 aliphatic heterocycles. The molecule has 1 atom stereocenters. The maximum Gasteiger partial charge on any atom is 0.251 e. The summed E-state index contributed by atoms with van der Waals surface area (Å²) in [6.45, 7) is 0. The first-order valence-corrected chi connectivity index (χ1v) is 7.48. The molecule has 3 aromatic rings. The quantitative estimate of drug-likeness (QED) is 0.761. The highest BCUT2D eigenvalue weighted by atomic mass is 16.1. The maximum atomic E-state index is 12.4. The molecule has 2 N–H and O–H groups in total. The largest absolute Gasteiger partial charge is 0.349 e. The molecule has 0 radical (unpaired) electrons. The molecule has 1 aromatic heterocycles. The van der Waals surface area contributed by atoms with Gasteiger partial charge in [-0.25, -0.2) is 0 Å². The van der Waals surface area contributed by atoms with Crippen molar-refractivity contribution >= 4 is 16.9 Å². The normalized spacial score (nSPS) is 17.2. The Bertz CT molecular complexity index is 839. The van der Waals surface area contributed by atoms with Crippen molar-refractivity contribution in [1.29, 1.82) is 0 Å². The Labute approximate surface area is 127 Å². The van der Waals surface area contributed by atoms with Gasteiger partial charge in [-0.3, -0.25) is 4.79 Å². The number of aryl methyl sites for hydroxylation is 1. The first-order valence-electron chi connectivity index (χ1n) is 7.48. The van der Waals surface area contributed by atoms with Gasteiger partial charge >= 0.3 is 0 Å². The molecule has 0 unspecified atom stereocenters. The first kappa shape index (κ1) is 13.0. The molecular weight excluding hydrogens is 276 g/mol. The molecule has 0 bridgehead atoms. The molecule has 0 fully saturated rings. The summed E-state index contributed by atoms with van der Waals surface area (Å²) in [4.78, 5) is 12.4. The zero-order chi connectivity index (χ0) is 14.9. The smallest absolute Gasteiger partial charge is 0.251 e. The van der Waals surface area contributed by atoms with Crippen molar-refractivity contribution in [3.05, 3.63) is 59.2 Å². The molecule has 0 saturated heterocycles. The van der Waals surface area contributed by atoms with Crippen molar-refractivity contribution in [3.8, 4) is 0 Å². The average Bonchev–Trinajstić information content (AvgIpc) is 3.02. The number of aromatic nitrogens is 3. The van der Waals surface area contributed by atoms with Gasteiger partial charge < -0.3 is 5.32 Å². The lowest BCUT2D eigenvalue weighted by Crippen LogP contribution is -2.38. The summed E-state index contributed by atoms with van der Waals surface area (Å²) in [6.07, 6.45) is 2.90. The van der Waals surface area contributed by atoms with E-state index in [9.17, 15) is 4.79 Å². The van der Waals surface area contributed by atoms with Crippen LogP contribution in [-0.2, 0) is 12.8 Å². The van der Waals surface area contributed by atoms with Crippen LogP contribution >= 0.6 is 0 Å². The Balaban J connectivity index is 1.50. The Morgan fingerprint density at radius 1 is 1.09 bits per heavy atom. The van der Waals surface area contributed by atoms with Crippen LogP contribution in [0.3, 0.4) is 0 Å². The molecule has 2 aromatic carbocycles. The van der Waals surface area contributed by atoms with Gasteiger partial charge in [-0.1, -0.05) is 24.3 Å². The van der Waals surface area contributed by atoms with Crippen molar-refractivity contribution in [3.63, 3.8) is 0 Å². The van der Waals surface area contributed by atoms with Gasteiger partial charge in [-0.15, -0.1) is 0 Å². The molecular formula is C17H16N4O. The second kappa shape index (κ2) is 5.26. The van der Waals surface area contributed by atoms with Crippen molar-refractivity contribution in [1.82, 2.24) is 20.7 Å². The topological polar surface area (TPSA) is 70.7 Å². The van der Waals surface area contributed by atoms with E-state index in [1.165, 1.54) is 11.1 Å². The summed E-state index contributed by atoms with van der Waals surface area (Å²) in [5.41, 5.74) is 4.84. The summed E-state index contributed by atoms with van der Waals surface area (Å²) in [7, 11) is 0. The summed E-state index contributed by atoms with van der Waals surface area (Å²) in [5.74, 6) is -0.0470. The van der Waals surface area contributed by atoms with E-state index in [0.717, 1.165) is 24.8 Å². The van der Waals surface area contributed by atoms with E-state index in [1.54, 1.807) is 12.1 Å². The summed E-state index contributed by atoms with van der Waals surface area (Å²) in [6, 6.07) is 14.0. The highest BCUT2D eigenvalue weighted by Gasteiger charge is 2.20. The standard InChI is InChI=1S/C17H16N4O/c22-17(13-6-8-15-16(10-13)20-21-19-15)18-14-7-5-11-3-1-2-4-12(11)9-14/h1-4,6,8,10,14H,5,7,9H2,(H,18,22)(H,19,20,21)/t14-/m0/s1. The minimum Gasteiger partial charge on any atom is -0.349 e. The van der Waals surface area contributed by atoms with E-state index in [-0.39, 0.29) is 11.9 Å². The zero-order valence-corrected chi connectivity index (χ0v) is 12.0. The third-order valence-electron chi connectivity index (χ3n) is 4.26. The van der Waals surface area contributed by atoms with Crippen LogP contribution < -0.4 is 5.32 Å². The number of amides is 1. The Morgan fingerprint density at radius 2 is 1.91 bits per heavy atom. The number of nitrogens with zero attached hydrogens (tertiary/aromatic N) is 2. The lowest BCUT2D eigenvalue weighted by molar-refractivity contribution is 0.0934. The van der Waals surface area contributed by atoms with Gasteiger partial charge in [0.15, 0.2) is 0 Å². The minimum atomic E-state index is -0.0470. The fraction of sp³-hybridized carbons (Fsp3) is 0.235. The molecule has 5 heteroatoms. The second-order valence-electron chi connectivity index (χ2n) is 5.71. The molecule has 1 amide bonds. The Kier molecular flexibility index (Phi) is 3.11. The van der Waals surface area contributed by atoms with Gasteiger partial charge in [0.05, 0.1) is 0 Å². The fourth-order valence-corrected chi connectivity index (χ4v) is 3.07. The second-order valence-corrected chi connectivity index (χ2v) is 5.71. The van der Waals surface area contributed by atoms with Crippen LogP contribution in [0.5, 0.6) is 0 Å². The SMILES string of the molecule is O=C(N[C@H]1CCc2ccccc2C1)c1ccc2n[nH]nc2c1. The maximum absolute atomic E-state index is 12.4. The van der Waals surface area contributed by atoms with Crippen molar-refractivity contribution in [2.24, 2.45) is 0 Å². The Morgan fingerprint density at radius 3 is 2.82 bits per heavy atom. The van der Waals surface area contributed by atoms with Crippen molar-refractivity contribution < 1.29 is 4.79 Å². The highest BCUT2D eigenvalue weighted by Crippen LogP contribution is 2.21. The first-order chi connectivity index (χ1) is 10.8. The van der Waals surface area contributed by atoms with Crippen LogP contribution in [0.2, 0.25) is 0 Å². The molecule has 0 saturated carbocycles. The number of H-pyrrole nitrogens is 1. The fourth-order valence-electron chi connectivity index (χ4n) is 3.07. The monoisotopic (exact) mass is 292 g/mol. The number of aromatic amines is 1. The van der Waals surface area contributed by atoms with E-state index in [4.69, 9.17) is 0 Å². The van der Waals surface area contributed by atoms with E-state index < -0.39 is 0 Å². The van der Waals surface area contributed by atoms with E-state index in [1.807, 2.05) is 6.07 Å². The lowest BCUT2D eigenvalue weighted by atomic mass is 9.88. The number of hydrogen-bond acceptors (Lipinski definition) is 3. The average molecular weight is 292 g/mol. The van der Waals surface area contributed by atoms with Crippen LogP contribution in [0, 0.1) is 0 Å². The van der Waals surface area contributed by atoms with Gasteiger partial charge in [-0.05, 0) is 48.6 Å². The molecule has 4 rings (SSSR count). The van der Waals surface area contributed by atoms with Gasteiger partial charge in [0.25, 0.3) is 5.91 Å². The summed E-state index contributed by atoms with van der Waals surface area (Å²) < 4.78 is 0. The Hall–Kier alpha value is -2.69. The number of rotatable bonds is 2. The van der Waals surface area contributed by atoms with Crippen molar-refractivity contribution in [2.45, 2.75) is 25.3 Å². The molecule has 0 spiro atoms. The number of hydrogen-bond donors (Lipinski definition) is 2. The summed E-state index contributed by atoms with van der Waals surface area (Å²) >= 11 is 0. The predicted octanol–water partition coefficient (Wildman–Crippen LogP) is 2.25. The lowest BCUT2D eigenvalue weighted by Gasteiger charge is -2.25. The highest BCUT2D eigenvalue weighted by molar-refractivity contribution is 5.97. The third-order valence-corrected chi connectivity index (χ3v) is 4.26. The molecule has 110 valence electrons. The number of carbonyl (C=O) groups excluding carboxylic acids is 1. The number of benzene rings is 2. The van der Waals surface area contributed by atoms with Gasteiger partial charge in [0, 0.05) is 11.6 Å². The molecule has 22 heavy (non-hydrogen) atoms. The van der Waals surface area contributed by atoms with Crippen LogP contribution in [0.1, 0.15) is 27.9 Å².